The van der Waals surface area contributed by atoms with Gasteiger partial charge in [-0.2, -0.15) is 0 Å². The number of nitrogens with zero attached hydrogens (tertiary/aromatic N) is 5. The van der Waals surface area contributed by atoms with Crippen molar-refractivity contribution in [3.8, 4) is 10.7 Å². The van der Waals surface area contributed by atoms with Gasteiger partial charge in [-0.1, -0.05) is 56.3 Å². The predicted octanol–water partition coefficient (Wildman–Crippen LogP) is 5.57. The van der Waals surface area contributed by atoms with Gasteiger partial charge in [0.15, 0.2) is 33.8 Å². The first kappa shape index (κ1) is 47.9. The minimum atomic E-state index is -1.55. The molecule has 61 heavy (non-hydrogen) atoms. The summed E-state index contributed by atoms with van der Waals surface area (Å²) in [6.07, 6.45) is 2.24. The van der Waals surface area contributed by atoms with Crippen molar-refractivity contribution >= 4 is 40.7 Å². The van der Waals surface area contributed by atoms with Crippen LogP contribution in [0.5, 0.6) is 0 Å². The number of nitrogens with two attached hydrogens (primary N) is 1. The standard InChI is InChI=1S/C44H64N6O10S/c1-13-29-31(50(10)11)19-25(5)57-42(29)56-22-44(55-12)20-23(3)35(51)26(6)34-33(37(45)49-60-28(8)38-47-48-39(61-38)30-17-15-16-18-46-30)41(54)59-43(34,9)32(14-2)58-40(53)27(7)36(52)24(4)21-44/h13,15-18,23-29,31-34,42H,1,14,19-22H2,2-12H3,(H2,45,49)/t23-,24-,25-,26-,27-,28+,29?,31+,32+,33-,34+,42?,43-,44-/m1/s1. The summed E-state index contributed by atoms with van der Waals surface area (Å²) in [5.41, 5.74) is 4.55. The number of fused-ring (bicyclic) bond motifs is 1. The third-order valence-corrected chi connectivity index (χ3v) is 14.0. The summed E-state index contributed by atoms with van der Waals surface area (Å²) >= 11 is 1.27. The van der Waals surface area contributed by atoms with Crippen LogP contribution >= 0.6 is 11.3 Å². The van der Waals surface area contributed by atoms with Crippen molar-refractivity contribution in [1.29, 1.82) is 0 Å². The van der Waals surface area contributed by atoms with Gasteiger partial charge in [-0.15, -0.1) is 16.8 Å². The molecule has 0 bridgehead atoms. The van der Waals surface area contributed by atoms with Crippen LogP contribution in [-0.4, -0.2) is 113 Å². The van der Waals surface area contributed by atoms with E-state index in [2.05, 4.69) is 31.8 Å². The van der Waals surface area contributed by atoms with Crippen molar-refractivity contribution < 1.29 is 47.7 Å². The van der Waals surface area contributed by atoms with Crippen LogP contribution in [0.2, 0.25) is 0 Å². The fraction of sp³-hybridized carbons (Fsp3) is 0.682. The van der Waals surface area contributed by atoms with E-state index in [-0.39, 0.29) is 61.3 Å². The number of esters is 2. The lowest BCUT2D eigenvalue weighted by molar-refractivity contribution is -0.245. The van der Waals surface area contributed by atoms with Gasteiger partial charge in [-0.3, -0.25) is 24.2 Å². The fourth-order valence-electron chi connectivity index (χ4n) is 9.45. The lowest BCUT2D eigenvalue weighted by atomic mass is 9.67. The van der Waals surface area contributed by atoms with E-state index in [1.807, 2.05) is 39.2 Å². The van der Waals surface area contributed by atoms with Gasteiger partial charge < -0.3 is 39.2 Å². The third kappa shape index (κ3) is 10.2. The van der Waals surface area contributed by atoms with Crippen LogP contribution in [0.25, 0.3) is 10.7 Å². The molecule has 0 spiro atoms. The zero-order chi connectivity index (χ0) is 45.0. The van der Waals surface area contributed by atoms with Crippen molar-refractivity contribution in [1.82, 2.24) is 20.1 Å². The SMILES string of the molecule is C=CC1C(OC[C@]2(OC)C[C@@H](C)C(=O)[C@@H](C)C(=O)O[C@@H](CC)[C@@]3(C)OC(=O)[C@@H](/C(N)=N/O[C@@H](C)c4nnc(-c5ccccn5)s4)[C@@H]3[C@@H](C)C(=O)[C@H](C)C2)O[C@H](C)C[C@@H]1N(C)C. The number of amidine groups is 1. The first-order valence-electron chi connectivity index (χ1n) is 21.2. The lowest BCUT2D eigenvalue weighted by Crippen LogP contribution is -2.54. The van der Waals surface area contributed by atoms with Crippen LogP contribution in [0, 0.1) is 41.4 Å². The summed E-state index contributed by atoms with van der Waals surface area (Å²) in [5.74, 6) is -8.16. The van der Waals surface area contributed by atoms with Gasteiger partial charge >= 0.3 is 11.9 Å². The second kappa shape index (κ2) is 19.9. The number of carbonyl (C=O) groups excluding carboxylic acids is 4. The number of ketones is 2. The number of hydrogen-bond acceptors (Lipinski definition) is 16. The summed E-state index contributed by atoms with van der Waals surface area (Å²) < 4.78 is 31.4. The Morgan fingerprint density at radius 1 is 1.08 bits per heavy atom. The first-order chi connectivity index (χ1) is 28.8. The molecule has 14 atom stereocenters. The maximum absolute atomic E-state index is 14.9. The summed E-state index contributed by atoms with van der Waals surface area (Å²) in [6, 6.07) is 5.57. The minimum absolute atomic E-state index is 0.0236. The second-order valence-corrected chi connectivity index (χ2v) is 18.5. The number of aromatic nitrogens is 3. The Bertz CT molecular complexity index is 1910. The molecule has 336 valence electrons. The van der Waals surface area contributed by atoms with Crippen molar-refractivity contribution in [3.63, 3.8) is 0 Å². The molecule has 5 rings (SSSR count). The number of oxime groups is 1. The molecule has 3 aliphatic heterocycles. The van der Waals surface area contributed by atoms with Gasteiger partial charge in [0.1, 0.15) is 35.2 Å². The van der Waals surface area contributed by atoms with E-state index in [9.17, 15) is 19.2 Å². The fourth-order valence-corrected chi connectivity index (χ4v) is 10.2. The average molecular weight is 869 g/mol. The molecule has 17 heteroatoms. The number of cyclic esters (lactones) is 1. The normalized spacial score (nSPS) is 36.1. The Morgan fingerprint density at radius 3 is 2.38 bits per heavy atom. The third-order valence-electron chi connectivity index (χ3n) is 12.8. The Hall–Kier alpha value is -4.16. The van der Waals surface area contributed by atoms with Gasteiger partial charge in [-0.05, 0) is 79.6 Å². The molecule has 0 amide bonds. The molecule has 0 radical (unpaired) electrons. The smallest absolute Gasteiger partial charge is 0.317 e. The molecular formula is C44H64N6O10S. The van der Waals surface area contributed by atoms with Crippen LogP contribution in [-0.2, 0) is 47.7 Å². The molecule has 2 aromatic heterocycles. The molecule has 2 N–H and O–H groups in total. The quantitative estimate of drug-likeness (QED) is 0.0692. The molecule has 0 aromatic carbocycles. The highest BCUT2D eigenvalue weighted by atomic mass is 32.1. The van der Waals surface area contributed by atoms with E-state index >= 15 is 0 Å². The summed E-state index contributed by atoms with van der Waals surface area (Å²) in [4.78, 5) is 69.1. The topological polar surface area (TPSA) is 204 Å². The number of ether oxygens (including phenoxy) is 5. The van der Waals surface area contributed by atoms with E-state index < -0.39 is 77.1 Å². The summed E-state index contributed by atoms with van der Waals surface area (Å²) in [6.45, 7) is 17.9. The van der Waals surface area contributed by atoms with Crippen LogP contribution in [0.1, 0.15) is 92.2 Å². The second-order valence-electron chi connectivity index (χ2n) is 17.5. The maximum atomic E-state index is 14.9. The highest BCUT2D eigenvalue weighted by molar-refractivity contribution is 7.14. The number of rotatable bonds is 12. The number of methoxy groups -OCH3 is 1. The monoisotopic (exact) mass is 868 g/mol. The molecule has 16 nitrogen and oxygen atoms in total. The molecule has 5 heterocycles. The van der Waals surface area contributed by atoms with E-state index in [1.54, 1.807) is 53.8 Å². The van der Waals surface area contributed by atoms with Gasteiger partial charge in [0, 0.05) is 48.9 Å². The van der Waals surface area contributed by atoms with Gasteiger partial charge in [0.2, 0.25) is 0 Å². The predicted molar refractivity (Wildman–Crippen MR) is 228 cm³/mol. The van der Waals surface area contributed by atoms with Crippen LogP contribution in [0.15, 0.2) is 42.2 Å². The number of pyridine rings is 1. The van der Waals surface area contributed by atoms with Crippen LogP contribution < -0.4 is 5.73 Å². The maximum Gasteiger partial charge on any atom is 0.317 e. The zero-order valence-corrected chi connectivity index (χ0v) is 38.2. The molecular weight excluding hydrogens is 805 g/mol. The number of hydrogen-bond donors (Lipinski definition) is 1. The molecule has 2 aromatic rings. The molecule has 2 unspecified atom stereocenters. The Morgan fingerprint density at radius 2 is 1.77 bits per heavy atom. The number of Topliss-reactive ketones (excluding diaryl/α,β-unsaturated/α-hetero) is 2. The summed E-state index contributed by atoms with van der Waals surface area (Å²) in [7, 11) is 5.54. The van der Waals surface area contributed by atoms with Gasteiger partial charge in [0.05, 0.1) is 18.3 Å². The van der Waals surface area contributed by atoms with Gasteiger partial charge in [0.25, 0.3) is 0 Å². The minimum Gasteiger partial charge on any atom is -0.458 e. The van der Waals surface area contributed by atoms with Crippen molar-refractivity contribution in [2.75, 3.05) is 27.8 Å². The highest BCUT2D eigenvalue weighted by Gasteiger charge is 2.62. The van der Waals surface area contributed by atoms with E-state index in [4.69, 9.17) is 34.3 Å². The van der Waals surface area contributed by atoms with E-state index in [0.717, 1.165) is 6.42 Å². The molecule has 3 aliphatic rings. The Kier molecular flexibility index (Phi) is 15.6. The molecule has 0 aliphatic carbocycles. The lowest BCUT2D eigenvalue weighted by Gasteiger charge is -2.44. The van der Waals surface area contributed by atoms with Crippen LogP contribution in [0.4, 0.5) is 0 Å². The van der Waals surface area contributed by atoms with Crippen molar-refractivity contribution in [3.05, 3.63) is 42.1 Å². The zero-order valence-electron chi connectivity index (χ0n) is 37.4. The van der Waals surface area contributed by atoms with E-state index in [0.29, 0.717) is 15.7 Å². The van der Waals surface area contributed by atoms with Crippen molar-refractivity contribution in [2.24, 2.45) is 52.3 Å². The molecule has 3 saturated heterocycles. The van der Waals surface area contributed by atoms with Gasteiger partial charge in [-0.25, -0.2) is 0 Å². The first-order valence-corrected chi connectivity index (χ1v) is 22.0. The molecule has 0 saturated carbocycles. The Balaban J connectivity index is 1.49. The highest BCUT2D eigenvalue weighted by Crippen LogP contribution is 2.48. The molecule has 3 fully saturated rings. The number of carbonyl (C=O) groups is 4. The average Bonchev–Trinajstić information content (AvgIpc) is 3.84. The van der Waals surface area contributed by atoms with E-state index in [1.165, 1.54) is 25.4 Å². The van der Waals surface area contributed by atoms with Crippen molar-refractivity contribution in [2.45, 2.75) is 123 Å². The Labute approximate surface area is 363 Å². The summed E-state index contributed by atoms with van der Waals surface area (Å²) in [5, 5.41) is 13.8. The van der Waals surface area contributed by atoms with Crippen LogP contribution in [0.3, 0.4) is 0 Å². The largest absolute Gasteiger partial charge is 0.458 e.